The Hall–Kier alpha value is -3.25. The molecule has 1 aliphatic carbocycles. The lowest BCUT2D eigenvalue weighted by atomic mass is 9.74. The molecule has 0 bridgehead atoms. The molecule has 0 radical (unpaired) electrons. The predicted molar refractivity (Wildman–Crippen MR) is 126 cm³/mol. The smallest absolute Gasteiger partial charge is 0.332 e. The zero-order chi connectivity index (χ0) is 22.1. The summed E-state index contributed by atoms with van der Waals surface area (Å²) in [5, 5.41) is 0. The van der Waals surface area contributed by atoms with E-state index < -0.39 is 5.97 Å². The van der Waals surface area contributed by atoms with Gasteiger partial charge in [0.2, 0.25) is 0 Å². The third-order valence-electron chi connectivity index (χ3n) is 6.30. The summed E-state index contributed by atoms with van der Waals surface area (Å²) in [4.78, 5) is 30.9. The van der Waals surface area contributed by atoms with Crippen LogP contribution in [0.3, 0.4) is 0 Å². The molecule has 0 saturated heterocycles. The molecule has 1 fully saturated rings. The third-order valence-corrected chi connectivity index (χ3v) is 7.30. The number of ether oxygens (including phenoxy) is 1. The zero-order valence-electron chi connectivity index (χ0n) is 17.8. The molecule has 0 spiro atoms. The summed E-state index contributed by atoms with van der Waals surface area (Å²) in [6.07, 6.45) is 6.59. The van der Waals surface area contributed by atoms with Gasteiger partial charge in [-0.1, -0.05) is 78.1 Å². The molecule has 1 aliphatic heterocycles. The highest BCUT2D eigenvalue weighted by Crippen LogP contribution is 2.42. The van der Waals surface area contributed by atoms with E-state index in [1.54, 1.807) is 4.57 Å². The molecule has 162 valence electrons. The Morgan fingerprint density at radius 3 is 2.56 bits per heavy atom. The Balaban J connectivity index is 1.72. The molecule has 2 heterocycles. The zero-order valence-corrected chi connectivity index (χ0v) is 18.6. The van der Waals surface area contributed by atoms with E-state index in [1.165, 1.54) is 35.7 Å². The average Bonchev–Trinajstić information content (AvgIpc) is 3.13. The maximum atomic E-state index is 13.4. The van der Waals surface area contributed by atoms with E-state index in [2.05, 4.69) is 30.3 Å². The van der Waals surface area contributed by atoms with Gasteiger partial charge >= 0.3 is 5.97 Å². The first-order valence-corrected chi connectivity index (χ1v) is 11.7. The summed E-state index contributed by atoms with van der Waals surface area (Å²) >= 11 is 1.27. The second-order valence-corrected chi connectivity index (χ2v) is 9.22. The van der Waals surface area contributed by atoms with Crippen LogP contribution in [0.25, 0.3) is 12.2 Å². The predicted octanol–water partition coefficient (Wildman–Crippen LogP) is 3.34. The van der Waals surface area contributed by atoms with Crippen molar-refractivity contribution in [3.8, 4) is 0 Å². The molecule has 1 aromatic heterocycles. The third kappa shape index (κ3) is 3.75. The van der Waals surface area contributed by atoms with Gasteiger partial charge in [-0.15, -0.1) is 0 Å². The minimum Gasteiger partial charge on any atom is -0.466 e. The Morgan fingerprint density at radius 2 is 1.84 bits per heavy atom. The van der Waals surface area contributed by atoms with Crippen molar-refractivity contribution < 1.29 is 9.53 Å². The highest BCUT2D eigenvalue weighted by molar-refractivity contribution is 7.07. The summed E-state index contributed by atoms with van der Waals surface area (Å²) in [6, 6.07) is 20.4. The number of nitrogens with zero attached hydrogens (tertiary/aromatic N) is 2. The fourth-order valence-electron chi connectivity index (χ4n) is 4.90. The van der Waals surface area contributed by atoms with Crippen molar-refractivity contribution in [2.75, 3.05) is 7.11 Å². The maximum absolute atomic E-state index is 13.4. The second-order valence-electron chi connectivity index (χ2n) is 8.21. The van der Waals surface area contributed by atoms with Crippen molar-refractivity contribution in [3.63, 3.8) is 0 Å². The van der Waals surface area contributed by atoms with Gasteiger partial charge in [0.15, 0.2) is 4.80 Å². The van der Waals surface area contributed by atoms with Crippen molar-refractivity contribution in [2.45, 2.75) is 31.3 Å². The van der Waals surface area contributed by atoms with Gasteiger partial charge in [0.1, 0.15) is 4.53 Å². The van der Waals surface area contributed by atoms with Crippen LogP contribution in [-0.4, -0.2) is 23.7 Å². The van der Waals surface area contributed by atoms with Gasteiger partial charge in [0.25, 0.3) is 5.56 Å². The number of methoxy groups -OCH3 is 1. The molecule has 3 aromatic rings. The first kappa shape index (κ1) is 20.6. The highest BCUT2D eigenvalue weighted by atomic mass is 32.1. The van der Waals surface area contributed by atoms with Crippen LogP contribution in [0.15, 0.2) is 76.0 Å². The van der Waals surface area contributed by atoms with Crippen molar-refractivity contribution in [2.24, 2.45) is 10.9 Å². The van der Waals surface area contributed by atoms with Gasteiger partial charge in [-0.3, -0.25) is 14.4 Å². The number of carbonyl (C=O) groups excluding carboxylic acids is 1. The van der Waals surface area contributed by atoms with E-state index in [0.717, 1.165) is 24.8 Å². The first-order valence-electron chi connectivity index (χ1n) is 10.8. The summed E-state index contributed by atoms with van der Waals surface area (Å²) in [6.45, 7) is 0. The summed E-state index contributed by atoms with van der Waals surface area (Å²) < 4.78 is 6.91. The molecular weight excluding hydrogens is 420 g/mol. The number of hydrogen-bond acceptors (Lipinski definition) is 5. The molecular formula is C26H24N2O3S. The Labute approximate surface area is 190 Å². The minimum absolute atomic E-state index is 0.0122. The fraction of sp³-hybridized carbons (Fsp3) is 0.269. The number of fused-ring (bicyclic) bond motifs is 2. The lowest BCUT2D eigenvalue weighted by Gasteiger charge is -2.39. The van der Waals surface area contributed by atoms with Crippen LogP contribution in [0, 0.1) is 5.92 Å². The Bertz CT molecular complexity index is 1340. The van der Waals surface area contributed by atoms with E-state index >= 15 is 0 Å². The summed E-state index contributed by atoms with van der Waals surface area (Å²) in [5.74, 6) is -0.341. The quantitative estimate of drug-likeness (QED) is 0.582. The maximum Gasteiger partial charge on any atom is 0.332 e. The van der Waals surface area contributed by atoms with Crippen LogP contribution in [0.2, 0.25) is 0 Å². The van der Waals surface area contributed by atoms with Crippen molar-refractivity contribution in [1.82, 2.24) is 4.57 Å². The standard InChI is InChI=1S/C26H24N2O3S/c1-31-22(29)16-21-25(30)28-24(18-11-6-3-7-12-18)20-14-8-13-19(23(20)27-26(28)32-21)15-17-9-4-2-5-10-17/h2-7,9-12,15-16,20,23-24H,8,13-14H2,1H3. The van der Waals surface area contributed by atoms with E-state index in [9.17, 15) is 9.59 Å². The van der Waals surface area contributed by atoms with E-state index in [4.69, 9.17) is 9.73 Å². The highest BCUT2D eigenvalue weighted by Gasteiger charge is 2.40. The Kier molecular flexibility index (Phi) is 5.62. The molecule has 5 rings (SSSR count). The van der Waals surface area contributed by atoms with E-state index in [-0.39, 0.29) is 23.6 Å². The number of hydrogen-bond donors (Lipinski definition) is 0. The van der Waals surface area contributed by atoms with Gasteiger partial charge in [-0.05, 0) is 36.0 Å². The second kappa shape index (κ2) is 8.71. The minimum atomic E-state index is -0.528. The molecule has 3 unspecified atom stereocenters. The topological polar surface area (TPSA) is 60.7 Å². The number of carbonyl (C=O) groups is 1. The Morgan fingerprint density at radius 1 is 1.12 bits per heavy atom. The van der Waals surface area contributed by atoms with Crippen LogP contribution in [0.4, 0.5) is 0 Å². The van der Waals surface area contributed by atoms with Crippen LogP contribution >= 0.6 is 11.3 Å². The summed E-state index contributed by atoms with van der Waals surface area (Å²) in [7, 11) is 1.32. The molecule has 5 nitrogen and oxygen atoms in total. The molecule has 0 N–H and O–H groups in total. The molecule has 1 saturated carbocycles. The van der Waals surface area contributed by atoms with E-state index in [1.807, 2.05) is 36.4 Å². The number of aromatic nitrogens is 1. The monoisotopic (exact) mass is 444 g/mol. The number of thiazole rings is 1. The van der Waals surface area contributed by atoms with Gasteiger partial charge in [0, 0.05) is 12.0 Å². The fourth-order valence-corrected chi connectivity index (χ4v) is 5.90. The summed E-state index contributed by atoms with van der Waals surface area (Å²) in [5.41, 5.74) is 3.40. The van der Waals surface area contributed by atoms with Crippen molar-refractivity contribution in [3.05, 3.63) is 97.1 Å². The lowest BCUT2D eigenvalue weighted by Crippen LogP contribution is -2.47. The van der Waals surface area contributed by atoms with Crippen LogP contribution in [-0.2, 0) is 9.53 Å². The van der Waals surface area contributed by atoms with Crippen LogP contribution in [0.5, 0.6) is 0 Å². The van der Waals surface area contributed by atoms with Crippen LogP contribution in [0.1, 0.15) is 36.4 Å². The number of esters is 1. The lowest BCUT2D eigenvalue weighted by molar-refractivity contribution is -0.133. The molecule has 2 aromatic carbocycles. The average molecular weight is 445 g/mol. The number of benzene rings is 2. The normalized spacial score (nSPS) is 23.8. The largest absolute Gasteiger partial charge is 0.466 e. The van der Waals surface area contributed by atoms with Crippen LogP contribution < -0.4 is 14.9 Å². The van der Waals surface area contributed by atoms with E-state index in [0.29, 0.717) is 9.33 Å². The van der Waals surface area contributed by atoms with Crippen molar-refractivity contribution >= 4 is 29.5 Å². The van der Waals surface area contributed by atoms with Gasteiger partial charge in [0.05, 0.1) is 19.2 Å². The molecule has 3 atom stereocenters. The molecule has 0 amide bonds. The van der Waals surface area contributed by atoms with Gasteiger partial charge < -0.3 is 4.74 Å². The molecule has 6 heteroatoms. The molecule has 32 heavy (non-hydrogen) atoms. The molecule has 2 aliphatic rings. The SMILES string of the molecule is COC(=O)C=c1sc2n(c1=O)C(c1ccccc1)C1CCCC(=Cc3ccccc3)C1N=2. The first-order chi connectivity index (χ1) is 15.7. The van der Waals surface area contributed by atoms with Gasteiger partial charge in [-0.2, -0.15) is 0 Å². The number of rotatable bonds is 3. The van der Waals surface area contributed by atoms with Gasteiger partial charge in [-0.25, -0.2) is 4.79 Å². The van der Waals surface area contributed by atoms with Crippen molar-refractivity contribution in [1.29, 1.82) is 0 Å².